The highest BCUT2D eigenvalue weighted by Gasteiger charge is 2.33. The molecular formula is C31H38BrN3O5S2. The topological polar surface area (TPSA) is 96.0 Å². The normalized spacial score (nSPS) is 11.9. The van der Waals surface area contributed by atoms with Crippen LogP contribution in [0, 0.1) is 0 Å². The summed E-state index contributed by atoms with van der Waals surface area (Å²) in [5, 5.41) is 2.90. The molecule has 1 atom stereocenters. The number of thioether (sulfide) groups is 1. The van der Waals surface area contributed by atoms with Crippen molar-refractivity contribution >= 4 is 55.2 Å². The molecule has 0 aliphatic heterocycles. The van der Waals surface area contributed by atoms with Crippen molar-refractivity contribution in [2.45, 2.75) is 56.0 Å². The zero-order chi connectivity index (χ0) is 30.7. The van der Waals surface area contributed by atoms with Crippen LogP contribution >= 0.6 is 27.7 Å². The lowest BCUT2D eigenvalue weighted by Gasteiger charge is -2.32. The standard InChI is InChI=1S/C31H38BrN3O5S2/c1-5-7-20-33-31(37)23(3)34(21-24-12-14-25(32)15-13-24)30(36)22-35(28-10-8-9-11-29(28)40-6-2)42(38,39)27-18-16-26(41-4)17-19-27/h8-19,23H,5-7,20-22H2,1-4H3,(H,33,37)/t23-/m0/s1. The van der Waals surface area contributed by atoms with Crippen LogP contribution in [-0.4, -0.2) is 57.1 Å². The van der Waals surface area contributed by atoms with Crippen molar-refractivity contribution in [3.8, 4) is 5.75 Å². The first-order valence-corrected chi connectivity index (χ1v) is 17.3. The Bertz CT molecular complexity index is 1430. The molecule has 0 aliphatic rings. The van der Waals surface area contributed by atoms with Crippen LogP contribution < -0.4 is 14.4 Å². The second-order valence-electron chi connectivity index (χ2n) is 9.56. The molecule has 0 spiro atoms. The zero-order valence-electron chi connectivity index (χ0n) is 24.4. The Kier molecular flexibility index (Phi) is 12.8. The van der Waals surface area contributed by atoms with Gasteiger partial charge in [-0.3, -0.25) is 13.9 Å². The minimum atomic E-state index is -4.20. The third kappa shape index (κ3) is 8.75. The zero-order valence-corrected chi connectivity index (χ0v) is 27.6. The van der Waals surface area contributed by atoms with Crippen LogP contribution in [0.2, 0.25) is 0 Å². The van der Waals surface area contributed by atoms with Gasteiger partial charge in [0.15, 0.2) is 0 Å². The molecule has 0 saturated carbocycles. The van der Waals surface area contributed by atoms with Crippen LogP contribution in [0.4, 0.5) is 5.69 Å². The number of ether oxygens (including phenoxy) is 1. The van der Waals surface area contributed by atoms with E-state index in [2.05, 4.69) is 21.2 Å². The van der Waals surface area contributed by atoms with Crippen molar-refractivity contribution in [2.75, 3.05) is 30.3 Å². The van der Waals surface area contributed by atoms with E-state index in [-0.39, 0.29) is 23.0 Å². The predicted molar refractivity (Wildman–Crippen MR) is 172 cm³/mol. The average Bonchev–Trinajstić information content (AvgIpc) is 2.99. The molecule has 226 valence electrons. The summed E-state index contributed by atoms with van der Waals surface area (Å²) in [6.45, 7) is 5.90. The summed E-state index contributed by atoms with van der Waals surface area (Å²) in [6, 6.07) is 19.9. The van der Waals surface area contributed by atoms with Gasteiger partial charge in [0.2, 0.25) is 11.8 Å². The van der Waals surface area contributed by atoms with Crippen LogP contribution in [-0.2, 0) is 26.2 Å². The van der Waals surface area contributed by atoms with Crippen LogP contribution in [0.1, 0.15) is 39.2 Å². The number of unbranched alkanes of at least 4 members (excludes halogenated alkanes) is 1. The van der Waals surface area contributed by atoms with E-state index in [1.807, 2.05) is 37.4 Å². The number of halogens is 1. The highest BCUT2D eigenvalue weighted by atomic mass is 79.9. The van der Waals surface area contributed by atoms with Gasteiger partial charge in [0, 0.05) is 22.5 Å². The molecule has 0 heterocycles. The van der Waals surface area contributed by atoms with E-state index in [4.69, 9.17) is 4.74 Å². The van der Waals surface area contributed by atoms with Gasteiger partial charge in [-0.25, -0.2) is 8.42 Å². The second kappa shape index (κ2) is 16.0. The fraction of sp³-hybridized carbons (Fsp3) is 0.355. The van der Waals surface area contributed by atoms with Gasteiger partial charge in [-0.05, 0) is 80.6 Å². The molecule has 42 heavy (non-hydrogen) atoms. The molecule has 3 aromatic rings. The summed E-state index contributed by atoms with van der Waals surface area (Å²) < 4.78 is 36.0. The van der Waals surface area contributed by atoms with Gasteiger partial charge >= 0.3 is 0 Å². The smallest absolute Gasteiger partial charge is 0.264 e. The molecule has 0 fully saturated rings. The number of sulfonamides is 1. The summed E-state index contributed by atoms with van der Waals surface area (Å²) in [7, 11) is -4.20. The molecule has 0 bridgehead atoms. The number of anilines is 1. The van der Waals surface area contributed by atoms with E-state index in [0.717, 1.165) is 32.1 Å². The maximum atomic E-state index is 14.1. The van der Waals surface area contributed by atoms with Gasteiger partial charge in [-0.15, -0.1) is 11.8 Å². The number of nitrogens with zero attached hydrogens (tertiary/aromatic N) is 2. The van der Waals surface area contributed by atoms with Gasteiger partial charge < -0.3 is 15.0 Å². The van der Waals surface area contributed by atoms with Crippen molar-refractivity contribution in [2.24, 2.45) is 0 Å². The van der Waals surface area contributed by atoms with Crippen molar-refractivity contribution in [1.29, 1.82) is 0 Å². The largest absolute Gasteiger partial charge is 0.492 e. The molecule has 0 aromatic heterocycles. The molecule has 1 N–H and O–H groups in total. The summed E-state index contributed by atoms with van der Waals surface area (Å²) in [4.78, 5) is 29.6. The van der Waals surface area contributed by atoms with Crippen LogP contribution in [0.3, 0.4) is 0 Å². The van der Waals surface area contributed by atoms with E-state index in [1.54, 1.807) is 50.2 Å². The molecule has 3 aromatic carbocycles. The molecule has 3 rings (SSSR count). The number of hydrogen-bond acceptors (Lipinski definition) is 6. The molecule has 0 unspecified atom stereocenters. The lowest BCUT2D eigenvalue weighted by molar-refractivity contribution is -0.139. The van der Waals surface area contributed by atoms with Crippen molar-refractivity contribution in [1.82, 2.24) is 10.2 Å². The quantitative estimate of drug-likeness (QED) is 0.155. The van der Waals surface area contributed by atoms with Crippen molar-refractivity contribution in [3.63, 3.8) is 0 Å². The first kappa shape index (κ1) is 33.5. The number of amides is 2. The Morgan fingerprint density at radius 2 is 1.67 bits per heavy atom. The number of para-hydroxylation sites is 2. The summed E-state index contributed by atoms with van der Waals surface area (Å²) in [6.07, 6.45) is 3.64. The van der Waals surface area contributed by atoms with E-state index in [0.29, 0.717) is 18.9 Å². The number of hydrogen-bond donors (Lipinski definition) is 1. The summed E-state index contributed by atoms with van der Waals surface area (Å²) in [5.74, 6) is -0.487. The first-order chi connectivity index (χ1) is 20.1. The highest BCUT2D eigenvalue weighted by Crippen LogP contribution is 2.33. The fourth-order valence-electron chi connectivity index (χ4n) is 4.23. The van der Waals surface area contributed by atoms with E-state index >= 15 is 0 Å². The lowest BCUT2D eigenvalue weighted by atomic mass is 10.1. The number of benzene rings is 3. The minimum Gasteiger partial charge on any atom is -0.492 e. The number of carbonyl (C=O) groups excluding carboxylic acids is 2. The molecule has 0 radical (unpaired) electrons. The average molecular weight is 677 g/mol. The monoisotopic (exact) mass is 675 g/mol. The van der Waals surface area contributed by atoms with Gasteiger partial charge in [0.1, 0.15) is 18.3 Å². The van der Waals surface area contributed by atoms with Gasteiger partial charge in [0.05, 0.1) is 17.2 Å². The molecular weight excluding hydrogens is 638 g/mol. The Hall–Kier alpha value is -3.02. The van der Waals surface area contributed by atoms with Gasteiger partial charge in [0.25, 0.3) is 10.0 Å². The first-order valence-electron chi connectivity index (χ1n) is 13.8. The molecule has 8 nitrogen and oxygen atoms in total. The second-order valence-corrected chi connectivity index (χ2v) is 13.2. The number of nitrogens with one attached hydrogen (secondary N) is 1. The Balaban J connectivity index is 2.05. The molecule has 2 amide bonds. The Labute approximate surface area is 262 Å². The van der Waals surface area contributed by atoms with E-state index in [1.165, 1.54) is 28.8 Å². The Morgan fingerprint density at radius 1 is 1.00 bits per heavy atom. The third-order valence-corrected chi connectivity index (χ3v) is 9.67. The highest BCUT2D eigenvalue weighted by molar-refractivity contribution is 9.10. The van der Waals surface area contributed by atoms with Crippen LogP contribution in [0.15, 0.2) is 87.1 Å². The van der Waals surface area contributed by atoms with Crippen LogP contribution in [0.5, 0.6) is 5.75 Å². The summed E-state index contributed by atoms with van der Waals surface area (Å²) in [5.41, 5.74) is 1.04. The molecule has 0 aliphatic carbocycles. The van der Waals surface area contributed by atoms with Crippen molar-refractivity contribution in [3.05, 3.63) is 82.8 Å². The molecule has 11 heteroatoms. The predicted octanol–water partition coefficient (Wildman–Crippen LogP) is 6.10. The maximum Gasteiger partial charge on any atom is 0.264 e. The molecule has 0 saturated heterocycles. The third-order valence-electron chi connectivity index (χ3n) is 6.62. The SMILES string of the molecule is CCCCNC(=O)[C@H](C)N(Cc1ccc(Br)cc1)C(=O)CN(c1ccccc1OCC)S(=O)(=O)c1ccc(SC)cc1. The van der Waals surface area contributed by atoms with E-state index < -0.39 is 28.5 Å². The summed E-state index contributed by atoms with van der Waals surface area (Å²) >= 11 is 4.93. The maximum absolute atomic E-state index is 14.1. The van der Waals surface area contributed by atoms with E-state index in [9.17, 15) is 18.0 Å². The Morgan fingerprint density at radius 3 is 2.29 bits per heavy atom. The number of rotatable bonds is 15. The van der Waals surface area contributed by atoms with Crippen LogP contribution in [0.25, 0.3) is 0 Å². The fourth-order valence-corrected chi connectivity index (χ4v) is 6.33. The minimum absolute atomic E-state index is 0.0456. The van der Waals surface area contributed by atoms with Crippen molar-refractivity contribution < 1.29 is 22.7 Å². The lowest BCUT2D eigenvalue weighted by Crippen LogP contribution is -2.51. The number of carbonyl (C=O) groups is 2. The van der Waals surface area contributed by atoms with Gasteiger partial charge in [-0.2, -0.15) is 0 Å². The van der Waals surface area contributed by atoms with Gasteiger partial charge in [-0.1, -0.05) is 53.5 Å².